The van der Waals surface area contributed by atoms with Crippen molar-refractivity contribution in [3.8, 4) is 11.3 Å². The average molecular weight is 497 g/mol. The second kappa shape index (κ2) is 9.70. The first-order chi connectivity index (χ1) is 17.0. The van der Waals surface area contributed by atoms with Gasteiger partial charge in [-0.15, -0.1) is 0 Å². The summed E-state index contributed by atoms with van der Waals surface area (Å²) in [6.45, 7) is 2.54. The molecule has 9 heteroatoms. The predicted molar refractivity (Wildman–Crippen MR) is 130 cm³/mol. The summed E-state index contributed by atoms with van der Waals surface area (Å²) in [7, 11) is 0. The number of aromatic nitrogens is 2. The van der Waals surface area contributed by atoms with Crippen LogP contribution in [0.25, 0.3) is 16.8 Å². The quantitative estimate of drug-likeness (QED) is 0.348. The van der Waals surface area contributed by atoms with E-state index >= 15 is 0 Å². The van der Waals surface area contributed by atoms with Crippen LogP contribution in [0.1, 0.15) is 49.4 Å². The summed E-state index contributed by atoms with van der Waals surface area (Å²) in [5, 5.41) is 0.190. The molecule has 2 aromatic carbocycles. The Morgan fingerprint density at radius 2 is 1.86 bits per heavy atom. The van der Waals surface area contributed by atoms with Crippen molar-refractivity contribution in [3.63, 3.8) is 0 Å². The number of fused-ring (bicyclic) bond motifs is 1. The Morgan fingerprint density at radius 1 is 1.11 bits per heavy atom. The first-order valence-electron chi connectivity index (χ1n) is 11.9. The van der Waals surface area contributed by atoms with Gasteiger partial charge >= 0.3 is 6.03 Å². The van der Waals surface area contributed by atoms with E-state index in [2.05, 4.69) is 4.99 Å². The number of rotatable bonds is 5. The summed E-state index contributed by atoms with van der Waals surface area (Å²) in [4.78, 5) is 33.0. The summed E-state index contributed by atoms with van der Waals surface area (Å²) in [6.07, 6.45) is 5.27. The lowest BCUT2D eigenvalue weighted by atomic mass is 9.89. The van der Waals surface area contributed by atoms with Gasteiger partial charge < -0.3 is 4.52 Å². The third kappa shape index (κ3) is 4.16. The molecule has 1 aliphatic rings. The first kappa shape index (κ1) is 23.4. The highest BCUT2D eigenvalue weighted by molar-refractivity contribution is 6.33. The number of hydrogen-bond donors (Lipinski definition) is 0. The van der Waals surface area contributed by atoms with Gasteiger partial charge in [-0.1, -0.05) is 59.8 Å². The third-order valence-corrected chi connectivity index (χ3v) is 6.84. The van der Waals surface area contributed by atoms with Crippen LogP contribution in [0.15, 0.2) is 58.0 Å². The van der Waals surface area contributed by atoms with Gasteiger partial charge in [0.15, 0.2) is 5.52 Å². The van der Waals surface area contributed by atoms with E-state index in [1.165, 1.54) is 32.8 Å². The molecule has 0 radical (unpaired) electrons. The Morgan fingerprint density at radius 3 is 2.54 bits per heavy atom. The second-order valence-electron chi connectivity index (χ2n) is 8.82. The molecule has 5 aromatic rings. The fraction of sp³-hybridized carbons (Fsp3) is 0.346. The molecule has 1 fully saturated rings. The highest BCUT2D eigenvalue weighted by Crippen LogP contribution is 2.36. The van der Waals surface area contributed by atoms with Crippen LogP contribution in [0.4, 0.5) is 9.18 Å². The molecule has 0 spiro atoms. The number of imide groups is 1. The van der Waals surface area contributed by atoms with Gasteiger partial charge in [-0.05, 0) is 49.9 Å². The van der Waals surface area contributed by atoms with Crippen LogP contribution in [-0.2, 0) is 0 Å². The van der Waals surface area contributed by atoms with E-state index in [-0.39, 0.29) is 28.0 Å². The Kier molecular flexibility index (Phi) is 6.47. The standard InChI is InChI=1S/C26H26ClFN4O3/c1-2-29-24-23-22(21-19(27)14-9-15-20(21)28)32(35-24)31(23)26(34)30(16-17-10-5-3-6-11-17)25(33)18-12-7-4-8-13-18/h4,7-9,12-15,17H,2-3,5-6,10-11,16H2,1H3. The van der Waals surface area contributed by atoms with Gasteiger partial charge in [-0.25, -0.2) is 14.2 Å². The van der Waals surface area contributed by atoms with E-state index in [1.54, 1.807) is 30.3 Å². The number of halogens is 2. The van der Waals surface area contributed by atoms with Crippen LogP contribution >= 0.6 is 11.6 Å². The van der Waals surface area contributed by atoms with Crippen molar-refractivity contribution in [1.29, 1.82) is 0 Å². The Labute approximate surface area is 206 Å². The number of benzene rings is 2. The van der Waals surface area contributed by atoms with Gasteiger partial charge in [0.2, 0.25) is 0 Å². The summed E-state index contributed by atoms with van der Waals surface area (Å²) in [5.41, 5.74) is 1.37. The largest absolute Gasteiger partial charge is 0.353 e. The predicted octanol–water partition coefficient (Wildman–Crippen LogP) is 5.84. The number of hydrogen-bond acceptors (Lipinski definition) is 4. The molecule has 2 amide bonds. The summed E-state index contributed by atoms with van der Waals surface area (Å²) in [5.74, 6) is -0.690. The molecule has 35 heavy (non-hydrogen) atoms. The molecule has 6 rings (SSSR count). The topological polar surface area (TPSA) is 72.2 Å². The third-order valence-electron chi connectivity index (χ3n) is 6.53. The van der Waals surface area contributed by atoms with Crippen LogP contribution in [0.2, 0.25) is 5.02 Å². The highest BCUT2D eigenvalue weighted by atomic mass is 35.5. The van der Waals surface area contributed by atoms with Gasteiger partial charge in [-0.2, -0.15) is 4.68 Å². The van der Waals surface area contributed by atoms with Crippen LogP contribution in [0.5, 0.6) is 0 Å². The molecule has 1 aliphatic carbocycles. The minimum absolute atomic E-state index is 0.128. The summed E-state index contributed by atoms with van der Waals surface area (Å²) < 4.78 is 22.9. The van der Waals surface area contributed by atoms with E-state index < -0.39 is 11.8 Å². The van der Waals surface area contributed by atoms with E-state index in [9.17, 15) is 14.0 Å². The smallest absolute Gasteiger partial charge is 0.336 e. The van der Waals surface area contributed by atoms with Crippen molar-refractivity contribution in [2.45, 2.75) is 39.0 Å². The fourth-order valence-electron chi connectivity index (χ4n) is 4.83. The molecule has 1 saturated carbocycles. The van der Waals surface area contributed by atoms with Gasteiger partial charge in [0, 0.05) is 18.7 Å². The fourth-order valence-corrected chi connectivity index (χ4v) is 5.08. The van der Waals surface area contributed by atoms with Gasteiger partial charge in [-0.3, -0.25) is 9.69 Å². The van der Waals surface area contributed by atoms with Crippen molar-refractivity contribution in [2.75, 3.05) is 13.1 Å². The maximum Gasteiger partial charge on any atom is 0.353 e. The van der Waals surface area contributed by atoms with Crippen molar-refractivity contribution < 1.29 is 18.5 Å². The Balaban J connectivity index is 1.59. The summed E-state index contributed by atoms with van der Waals surface area (Å²) >= 11 is 6.31. The SMILES string of the molecule is CCN=c1on2c(-c3c(F)cccc3Cl)c1n2C(=O)N(CC1CCCCC1)C(=O)c1ccccc1. The molecule has 0 unspecified atom stereocenters. The number of nitrogens with zero attached hydrogens (tertiary/aromatic N) is 4. The number of carbonyl (C=O) groups is 2. The zero-order chi connectivity index (χ0) is 24.5. The number of carbonyl (C=O) groups excluding carboxylic acids is 2. The molecule has 182 valence electrons. The molecular formula is C26H26ClFN4O3. The van der Waals surface area contributed by atoms with Crippen molar-refractivity contribution in [2.24, 2.45) is 10.9 Å². The molecular weight excluding hydrogens is 471 g/mol. The van der Waals surface area contributed by atoms with Crippen molar-refractivity contribution in [3.05, 3.63) is 70.5 Å². The first-order valence-corrected chi connectivity index (χ1v) is 12.3. The lowest BCUT2D eigenvalue weighted by molar-refractivity contribution is 0.0759. The Bertz CT molecular complexity index is 1400. The van der Waals surface area contributed by atoms with Crippen molar-refractivity contribution >= 4 is 29.1 Å². The summed E-state index contributed by atoms with van der Waals surface area (Å²) in [6, 6.07) is 12.6. The maximum atomic E-state index is 14.7. The zero-order valence-corrected chi connectivity index (χ0v) is 20.2. The molecule has 0 aliphatic heterocycles. The van der Waals surface area contributed by atoms with Crippen LogP contribution in [0.3, 0.4) is 0 Å². The van der Waals surface area contributed by atoms with Crippen molar-refractivity contribution in [1.82, 2.24) is 14.3 Å². The van der Waals surface area contributed by atoms with Gasteiger partial charge in [0.25, 0.3) is 11.5 Å². The molecule has 7 nitrogen and oxygen atoms in total. The molecule has 3 aromatic heterocycles. The average Bonchev–Trinajstić information content (AvgIpc) is 3.42. The van der Waals surface area contributed by atoms with Gasteiger partial charge in [0.1, 0.15) is 11.5 Å². The van der Waals surface area contributed by atoms with E-state index in [0.717, 1.165) is 25.7 Å². The molecule has 0 saturated heterocycles. The monoisotopic (exact) mass is 496 g/mol. The Hall–Kier alpha value is -3.39. The normalized spacial score (nSPS) is 15.2. The zero-order valence-electron chi connectivity index (χ0n) is 19.4. The lowest BCUT2D eigenvalue weighted by Crippen LogP contribution is -2.45. The minimum Gasteiger partial charge on any atom is -0.336 e. The van der Waals surface area contributed by atoms with E-state index in [0.29, 0.717) is 29.9 Å². The second-order valence-corrected chi connectivity index (χ2v) is 9.22. The number of amides is 2. The maximum absolute atomic E-state index is 14.7. The molecule has 2 bridgehead atoms. The molecule has 0 atom stereocenters. The minimum atomic E-state index is -0.558. The van der Waals surface area contributed by atoms with Crippen LogP contribution in [-0.4, -0.2) is 39.3 Å². The lowest BCUT2D eigenvalue weighted by Gasteiger charge is -2.29. The molecule has 3 heterocycles. The van der Waals surface area contributed by atoms with E-state index in [4.69, 9.17) is 16.1 Å². The van der Waals surface area contributed by atoms with Crippen LogP contribution in [0, 0.1) is 11.7 Å². The highest BCUT2D eigenvalue weighted by Gasteiger charge is 2.37. The van der Waals surface area contributed by atoms with E-state index in [1.807, 2.05) is 13.0 Å². The molecule has 0 N–H and O–H groups in total. The van der Waals surface area contributed by atoms with Gasteiger partial charge in [0.05, 0.1) is 10.6 Å². The van der Waals surface area contributed by atoms with Crippen LogP contribution < -0.4 is 5.55 Å².